The van der Waals surface area contributed by atoms with Crippen LogP contribution in [-0.4, -0.2) is 66.4 Å². The van der Waals surface area contributed by atoms with E-state index in [-0.39, 0.29) is 63.7 Å². The molecule has 0 saturated heterocycles. The van der Waals surface area contributed by atoms with E-state index in [1.807, 2.05) is 5.32 Å². The summed E-state index contributed by atoms with van der Waals surface area (Å²) in [5.74, 6) is -3.77. The standard InChI is InChI=1S/C43H50F3N4O9P/c1-26(2)50(27(3)4)60(56-22-12-19-47)55-21-11-9-8-10-20-48-37(51)28-13-16-31-34(23-28)42(59-38(31)52)32-17-14-29(49-39(53)43(44,45)46)24-35(32)58-36-25-30(15-18-33(36)42)57-40(54)41(5,6)7/h13-18,23-27H,8-12,20-22H2,1-7H3,(H,48,51)(H,49,53). The van der Waals surface area contributed by atoms with Crippen LogP contribution in [0.3, 0.4) is 0 Å². The Labute approximate surface area is 348 Å². The molecule has 2 atom stereocenters. The molecule has 0 bridgehead atoms. The highest BCUT2D eigenvalue weighted by Gasteiger charge is 2.54. The summed E-state index contributed by atoms with van der Waals surface area (Å²) in [5, 5.41) is 13.7. The number of alkyl halides is 3. The Bertz CT molecular complexity index is 2050. The Balaban J connectivity index is 1.32. The third-order valence-corrected chi connectivity index (χ3v) is 11.7. The van der Waals surface area contributed by atoms with E-state index in [4.69, 9.17) is 28.5 Å². The summed E-state index contributed by atoms with van der Waals surface area (Å²) in [4.78, 5) is 51.6. The predicted octanol–water partition coefficient (Wildman–Crippen LogP) is 9.29. The van der Waals surface area contributed by atoms with E-state index < -0.39 is 49.5 Å². The van der Waals surface area contributed by atoms with Gasteiger partial charge in [-0.3, -0.25) is 14.4 Å². The summed E-state index contributed by atoms with van der Waals surface area (Å²) in [6.45, 7) is 14.5. The Kier molecular flexibility index (Phi) is 14.6. The lowest BCUT2D eigenvalue weighted by Gasteiger charge is -2.37. The molecule has 5 rings (SSSR count). The average molecular weight is 855 g/mol. The van der Waals surface area contributed by atoms with Gasteiger partial charge < -0.3 is 33.9 Å². The van der Waals surface area contributed by atoms with Crippen LogP contribution in [-0.2, 0) is 29.0 Å². The maximum atomic E-state index is 13.5. The van der Waals surface area contributed by atoms with Crippen molar-refractivity contribution in [2.75, 3.05) is 25.1 Å². The average Bonchev–Trinajstić information content (AvgIpc) is 3.45. The van der Waals surface area contributed by atoms with E-state index in [9.17, 15) is 32.3 Å². The van der Waals surface area contributed by atoms with Gasteiger partial charge in [-0.05, 0) is 104 Å². The molecule has 2 unspecified atom stereocenters. The molecule has 17 heteroatoms. The number of hydrogen-bond acceptors (Lipinski definition) is 11. The summed E-state index contributed by atoms with van der Waals surface area (Å²) >= 11 is 0. The zero-order chi connectivity index (χ0) is 44.0. The molecule has 2 amide bonds. The van der Waals surface area contributed by atoms with Gasteiger partial charge in [-0.2, -0.15) is 18.4 Å². The van der Waals surface area contributed by atoms with Crippen molar-refractivity contribution in [3.8, 4) is 23.3 Å². The number of carbonyl (C=O) groups excluding carboxylic acids is 4. The second-order valence-corrected chi connectivity index (χ2v) is 17.4. The Hall–Kier alpha value is -5.07. The summed E-state index contributed by atoms with van der Waals surface area (Å²) in [7, 11) is -1.32. The highest BCUT2D eigenvalue weighted by molar-refractivity contribution is 7.44. The number of carbonyl (C=O) groups is 4. The first-order valence-corrected chi connectivity index (χ1v) is 20.9. The molecule has 2 N–H and O–H groups in total. The van der Waals surface area contributed by atoms with Gasteiger partial charge in [-0.1, -0.05) is 12.8 Å². The van der Waals surface area contributed by atoms with Crippen LogP contribution in [0.4, 0.5) is 18.9 Å². The molecule has 1 spiro atoms. The minimum atomic E-state index is -5.16. The number of unbranched alkanes of at least 4 members (excludes halogenated alkanes) is 3. The van der Waals surface area contributed by atoms with Crippen LogP contribution in [0.1, 0.15) is 118 Å². The molecule has 0 fully saturated rings. The SMILES string of the molecule is CC(C)N(C(C)C)P(OCCC#N)OCCCCCCNC(=O)c1ccc2c(c1)C1(OC2=O)c2ccc(NC(=O)C(F)(F)F)cc2Oc2cc(OC(=O)C(C)(C)C)ccc21. The van der Waals surface area contributed by atoms with Gasteiger partial charge in [0.05, 0.1) is 36.7 Å². The maximum Gasteiger partial charge on any atom is 0.471 e. The van der Waals surface area contributed by atoms with E-state index in [0.717, 1.165) is 19.3 Å². The molecule has 0 saturated carbocycles. The quantitative estimate of drug-likeness (QED) is 0.0575. The van der Waals surface area contributed by atoms with Gasteiger partial charge in [0.1, 0.15) is 17.2 Å². The fourth-order valence-corrected chi connectivity index (χ4v) is 8.42. The summed E-state index contributed by atoms with van der Waals surface area (Å²) < 4.78 is 71.6. The van der Waals surface area contributed by atoms with E-state index in [2.05, 4.69) is 43.8 Å². The smallest absolute Gasteiger partial charge is 0.456 e. The largest absolute Gasteiger partial charge is 0.471 e. The van der Waals surface area contributed by atoms with Crippen molar-refractivity contribution >= 4 is 38.0 Å². The van der Waals surface area contributed by atoms with Crippen molar-refractivity contribution in [2.45, 2.75) is 104 Å². The number of fused-ring (bicyclic) bond motifs is 6. The highest BCUT2D eigenvalue weighted by Crippen LogP contribution is 2.57. The van der Waals surface area contributed by atoms with Gasteiger partial charge in [-0.15, -0.1) is 0 Å². The first kappa shape index (κ1) is 46.0. The number of ether oxygens (including phenoxy) is 3. The third kappa shape index (κ3) is 10.4. The van der Waals surface area contributed by atoms with Crippen LogP contribution >= 0.6 is 8.53 Å². The lowest BCUT2D eigenvalue weighted by molar-refractivity contribution is -0.167. The Morgan fingerprint density at radius 1 is 0.867 bits per heavy atom. The van der Waals surface area contributed by atoms with Crippen molar-refractivity contribution in [1.29, 1.82) is 5.26 Å². The molecule has 3 aromatic rings. The molecule has 13 nitrogen and oxygen atoms in total. The zero-order valence-corrected chi connectivity index (χ0v) is 35.6. The van der Waals surface area contributed by atoms with E-state index in [1.54, 1.807) is 26.8 Å². The monoisotopic (exact) mass is 854 g/mol. The first-order chi connectivity index (χ1) is 28.3. The third-order valence-electron chi connectivity index (χ3n) is 9.60. The second-order valence-electron chi connectivity index (χ2n) is 15.9. The number of nitrogens with one attached hydrogen (secondary N) is 2. The second kappa shape index (κ2) is 19.1. The molecular formula is C43H50F3N4O9P. The number of hydrogen-bond donors (Lipinski definition) is 2. The lowest BCUT2D eigenvalue weighted by Crippen LogP contribution is -2.34. The fourth-order valence-electron chi connectivity index (χ4n) is 6.79. The van der Waals surface area contributed by atoms with Crippen LogP contribution < -0.4 is 20.1 Å². The minimum Gasteiger partial charge on any atom is -0.456 e. The van der Waals surface area contributed by atoms with Gasteiger partial charge in [0.15, 0.2) is 5.60 Å². The molecule has 2 aliphatic heterocycles. The normalized spacial score (nSPS) is 16.1. The number of esters is 2. The lowest BCUT2D eigenvalue weighted by atomic mass is 9.77. The molecule has 2 aliphatic rings. The van der Waals surface area contributed by atoms with Crippen LogP contribution in [0.2, 0.25) is 0 Å². The number of rotatable bonds is 17. The van der Waals surface area contributed by atoms with Gasteiger partial charge in [-0.25, -0.2) is 9.46 Å². The topological polar surface area (TPSA) is 166 Å². The predicted molar refractivity (Wildman–Crippen MR) is 216 cm³/mol. The van der Waals surface area contributed by atoms with Crippen molar-refractivity contribution in [3.63, 3.8) is 0 Å². The van der Waals surface area contributed by atoms with Crippen molar-refractivity contribution in [1.82, 2.24) is 9.99 Å². The summed E-state index contributed by atoms with van der Waals surface area (Å²) in [6, 6.07) is 15.2. The maximum absolute atomic E-state index is 13.5. The number of benzene rings is 3. The fraction of sp³-hybridized carbons (Fsp3) is 0.465. The van der Waals surface area contributed by atoms with E-state index in [0.29, 0.717) is 31.7 Å². The molecule has 0 aliphatic carbocycles. The summed E-state index contributed by atoms with van der Waals surface area (Å²) in [6.07, 6.45) is -1.75. The molecule has 0 aromatic heterocycles. The van der Waals surface area contributed by atoms with Gasteiger partial charge in [0, 0.05) is 58.7 Å². The van der Waals surface area contributed by atoms with Crippen LogP contribution in [0.15, 0.2) is 54.6 Å². The number of amides is 2. The van der Waals surface area contributed by atoms with Gasteiger partial charge in [0.25, 0.3) is 14.4 Å². The van der Waals surface area contributed by atoms with Crippen molar-refractivity contribution in [3.05, 3.63) is 82.4 Å². The first-order valence-electron chi connectivity index (χ1n) is 19.7. The van der Waals surface area contributed by atoms with E-state index in [1.165, 1.54) is 48.5 Å². The number of anilines is 1. The molecule has 3 aromatic carbocycles. The Morgan fingerprint density at radius 3 is 2.17 bits per heavy atom. The highest BCUT2D eigenvalue weighted by atomic mass is 31.2. The summed E-state index contributed by atoms with van der Waals surface area (Å²) in [5.41, 5.74) is -1.67. The minimum absolute atomic E-state index is 0.0528. The Morgan fingerprint density at radius 2 is 1.52 bits per heavy atom. The molecule has 0 radical (unpaired) electrons. The van der Waals surface area contributed by atoms with Crippen LogP contribution in [0.25, 0.3) is 0 Å². The van der Waals surface area contributed by atoms with Crippen LogP contribution in [0, 0.1) is 16.7 Å². The van der Waals surface area contributed by atoms with Gasteiger partial charge >= 0.3 is 24.0 Å². The molecule has 2 heterocycles. The number of nitriles is 1. The number of halogens is 3. The van der Waals surface area contributed by atoms with Gasteiger partial charge in [0.2, 0.25) is 0 Å². The molecule has 322 valence electrons. The van der Waals surface area contributed by atoms with Crippen LogP contribution in [0.5, 0.6) is 17.2 Å². The zero-order valence-electron chi connectivity index (χ0n) is 34.7. The molecular weight excluding hydrogens is 804 g/mol. The van der Waals surface area contributed by atoms with E-state index >= 15 is 0 Å². The van der Waals surface area contributed by atoms with Crippen molar-refractivity contribution < 1.29 is 55.6 Å². The molecule has 60 heavy (non-hydrogen) atoms. The number of nitrogens with zero attached hydrogens (tertiary/aromatic N) is 2. The van der Waals surface area contributed by atoms with Crippen molar-refractivity contribution in [2.24, 2.45) is 5.41 Å².